The van der Waals surface area contributed by atoms with Gasteiger partial charge in [-0.25, -0.2) is 0 Å². The van der Waals surface area contributed by atoms with Gasteiger partial charge in [0.1, 0.15) is 6.10 Å². The number of rotatable bonds is 2. The predicted octanol–water partition coefficient (Wildman–Crippen LogP) is 2.48. The predicted molar refractivity (Wildman–Crippen MR) is 69.1 cm³/mol. The molecule has 0 aliphatic heterocycles. The van der Waals surface area contributed by atoms with Crippen molar-refractivity contribution in [1.29, 1.82) is 0 Å². The van der Waals surface area contributed by atoms with E-state index in [2.05, 4.69) is 11.8 Å². The van der Waals surface area contributed by atoms with Crippen molar-refractivity contribution in [3.05, 3.63) is 29.3 Å². The second-order valence-corrected chi connectivity index (χ2v) is 4.13. The van der Waals surface area contributed by atoms with Gasteiger partial charge in [0, 0.05) is 5.56 Å². The summed E-state index contributed by atoms with van der Waals surface area (Å²) in [5.41, 5.74) is 1.07. The molecule has 108 valence electrons. The number of halogens is 3. The quantitative estimate of drug-likeness (QED) is 0.820. The number of hydrogen-bond donors (Lipinski definition) is 2. The van der Waals surface area contributed by atoms with Gasteiger partial charge in [0.15, 0.2) is 0 Å². The standard InChI is InChI=1S/C14H14F3NO2/c1-3-10-5-7-12(18-13(20)14(15,16)17)11(8-10)6-4-9(2)19/h5,7-9,19H,3H2,1-2H3,(H,18,20). The van der Waals surface area contributed by atoms with Crippen LogP contribution in [-0.2, 0) is 11.2 Å². The van der Waals surface area contributed by atoms with Crippen LogP contribution in [0.3, 0.4) is 0 Å². The highest BCUT2D eigenvalue weighted by molar-refractivity contribution is 5.96. The fourth-order valence-corrected chi connectivity index (χ4v) is 1.40. The first-order valence-electron chi connectivity index (χ1n) is 5.94. The number of nitrogens with one attached hydrogen (secondary N) is 1. The number of aliphatic hydroxyl groups excluding tert-OH is 1. The van der Waals surface area contributed by atoms with E-state index in [0.717, 1.165) is 5.56 Å². The fourth-order valence-electron chi connectivity index (χ4n) is 1.40. The van der Waals surface area contributed by atoms with Gasteiger partial charge in [-0.05, 0) is 31.0 Å². The number of amides is 1. The molecule has 0 aromatic heterocycles. The minimum absolute atomic E-state index is 0.0299. The third kappa shape index (κ3) is 4.59. The maximum absolute atomic E-state index is 12.2. The molecule has 1 amide bonds. The van der Waals surface area contributed by atoms with Crippen molar-refractivity contribution in [3.63, 3.8) is 0 Å². The summed E-state index contributed by atoms with van der Waals surface area (Å²) in [4.78, 5) is 10.9. The average molecular weight is 285 g/mol. The van der Waals surface area contributed by atoms with E-state index in [-0.39, 0.29) is 11.3 Å². The van der Waals surface area contributed by atoms with Crippen molar-refractivity contribution in [1.82, 2.24) is 0 Å². The molecule has 0 bridgehead atoms. The molecule has 0 aliphatic rings. The molecule has 0 fully saturated rings. The summed E-state index contributed by atoms with van der Waals surface area (Å²) < 4.78 is 36.7. The summed E-state index contributed by atoms with van der Waals surface area (Å²) in [7, 11) is 0. The van der Waals surface area contributed by atoms with E-state index in [1.54, 1.807) is 17.4 Å². The Labute approximate surface area is 114 Å². The van der Waals surface area contributed by atoms with Gasteiger partial charge in [0.2, 0.25) is 0 Å². The largest absolute Gasteiger partial charge is 0.471 e. The van der Waals surface area contributed by atoms with Crippen LogP contribution < -0.4 is 5.32 Å². The van der Waals surface area contributed by atoms with Gasteiger partial charge in [0.05, 0.1) is 5.69 Å². The molecule has 1 aromatic carbocycles. The lowest BCUT2D eigenvalue weighted by atomic mass is 10.1. The van der Waals surface area contributed by atoms with Crippen LogP contribution in [-0.4, -0.2) is 23.3 Å². The minimum atomic E-state index is -4.96. The van der Waals surface area contributed by atoms with Crippen molar-refractivity contribution in [2.45, 2.75) is 32.5 Å². The van der Waals surface area contributed by atoms with Crippen molar-refractivity contribution in [2.75, 3.05) is 5.32 Å². The van der Waals surface area contributed by atoms with E-state index in [0.29, 0.717) is 6.42 Å². The lowest BCUT2D eigenvalue weighted by Crippen LogP contribution is -2.30. The second-order valence-electron chi connectivity index (χ2n) is 4.13. The third-order valence-electron chi connectivity index (χ3n) is 2.41. The van der Waals surface area contributed by atoms with Crippen molar-refractivity contribution in [3.8, 4) is 11.8 Å². The van der Waals surface area contributed by atoms with E-state index in [1.165, 1.54) is 13.0 Å². The van der Waals surface area contributed by atoms with Gasteiger partial charge >= 0.3 is 12.1 Å². The molecule has 1 atom stereocenters. The van der Waals surface area contributed by atoms with Gasteiger partial charge in [-0.3, -0.25) is 4.79 Å². The molecule has 2 N–H and O–H groups in total. The smallest absolute Gasteiger partial charge is 0.381 e. The molecule has 0 saturated heterocycles. The first kappa shape index (κ1) is 16.1. The molecule has 0 saturated carbocycles. The Balaban J connectivity index is 3.13. The highest BCUT2D eigenvalue weighted by Crippen LogP contribution is 2.22. The fraction of sp³-hybridized carbons (Fsp3) is 0.357. The van der Waals surface area contributed by atoms with Crippen LogP contribution in [0.25, 0.3) is 0 Å². The van der Waals surface area contributed by atoms with Crippen LogP contribution in [0.2, 0.25) is 0 Å². The molecule has 1 unspecified atom stereocenters. The van der Waals surface area contributed by atoms with Crippen molar-refractivity contribution < 1.29 is 23.1 Å². The number of aliphatic hydroxyl groups is 1. The molecule has 0 spiro atoms. The molecule has 0 radical (unpaired) electrons. The molecular weight excluding hydrogens is 271 g/mol. The summed E-state index contributed by atoms with van der Waals surface area (Å²) in [5, 5.41) is 10.9. The Bertz CT molecular complexity index is 554. The lowest BCUT2D eigenvalue weighted by Gasteiger charge is -2.10. The zero-order chi connectivity index (χ0) is 15.3. The van der Waals surface area contributed by atoms with E-state index in [1.807, 2.05) is 6.92 Å². The molecule has 0 aliphatic carbocycles. The van der Waals surface area contributed by atoms with E-state index >= 15 is 0 Å². The molecular formula is C14H14F3NO2. The van der Waals surface area contributed by atoms with Crippen molar-refractivity contribution >= 4 is 11.6 Å². The Kier molecular flexibility index (Phi) is 5.17. The maximum atomic E-state index is 12.2. The van der Waals surface area contributed by atoms with E-state index in [4.69, 9.17) is 5.11 Å². The average Bonchev–Trinajstić information content (AvgIpc) is 2.36. The molecule has 3 nitrogen and oxygen atoms in total. The van der Waals surface area contributed by atoms with E-state index in [9.17, 15) is 18.0 Å². The summed E-state index contributed by atoms with van der Waals surface area (Å²) in [6, 6.07) is 4.56. The number of aryl methyl sites for hydroxylation is 1. The molecule has 20 heavy (non-hydrogen) atoms. The van der Waals surface area contributed by atoms with Gasteiger partial charge in [-0.2, -0.15) is 13.2 Å². The summed E-state index contributed by atoms with van der Waals surface area (Å²) >= 11 is 0. The third-order valence-corrected chi connectivity index (χ3v) is 2.41. The number of anilines is 1. The topological polar surface area (TPSA) is 49.3 Å². The maximum Gasteiger partial charge on any atom is 0.471 e. The Hall–Kier alpha value is -2.00. The highest BCUT2D eigenvalue weighted by Gasteiger charge is 2.38. The second kappa shape index (κ2) is 6.44. The van der Waals surface area contributed by atoms with Crippen LogP contribution in [0, 0.1) is 11.8 Å². The number of carbonyl (C=O) groups is 1. The minimum Gasteiger partial charge on any atom is -0.381 e. The van der Waals surface area contributed by atoms with Crippen LogP contribution in [0.1, 0.15) is 25.0 Å². The Morgan fingerprint density at radius 1 is 1.45 bits per heavy atom. The summed E-state index contributed by atoms with van der Waals surface area (Å²) in [5.74, 6) is 2.95. The van der Waals surface area contributed by atoms with Gasteiger partial charge in [-0.1, -0.05) is 24.8 Å². The zero-order valence-electron chi connectivity index (χ0n) is 11.0. The highest BCUT2D eigenvalue weighted by atomic mass is 19.4. The normalized spacial score (nSPS) is 12.3. The van der Waals surface area contributed by atoms with Crippen LogP contribution in [0.5, 0.6) is 0 Å². The van der Waals surface area contributed by atoms with Crippen LogP contribution in [0.15, 0.2) is 18.2 Å². The summed E-state index contributed by atoms with van der Waals surface area (Å²) in [6.45, 7) is 3.32. The molecule has 6 heteroatoms. The van der Waals surface area contributed by atoms with Crippen LogP contribution in [0.4, 0.5) is 18.9 Å². The van der Waals surface area contributed by atoms with E-state index < -0.39 is 18.2 Å². The molecule has 0 heterocycles. The number of benzene rings is 1. The zero-order valence-corrected chi connectivity index (χ0v) is 11.0. The Morgan fingerprint density at radius 3 is 2.60 bits per heavy atom. The van der Waals surface area contributed by atoms with Gasteiger partial charge in [-0.15, -0.1) is 0 Å². The summed E-state index contributed by atoms with van der Waals surface area (Å²) in [6.07, 6.45) is -5.19. The molecule has 1 rings (SSSR count). The first-order chi connectivity index (χ1) is 9.24. The van der Waals surface area contributed by atoms with Crippen LogP contribution >= 0.6 is 0 Å². The monoisotopic (exact) mass is 285 g/mol. The lowest BCUT2D eigenvalue weighted by molar-refractivity contribution is -0.167. The SMILES string of the molecule is CCc1ccc(NC(=O)C(F)(F)F)c(C#CC(C)O)c1. The van der Waals surface area contributed by atoms with Gasteiger partial charge < -0.3 is 10.4 Å². The number of carbonyl (C=O) groups excluding carboxylic acids is 1. The number of alkyl halides is 3. The Morgan fingerprint density at radius 2 is 2.10 bits per heavy atom. The first-order valence-corrected chi connectivity index (χ1v) is 5.94. The van der Waals surface area contributed by atoms with Gasteiger partial charge in [0.25, 0.3) is 0 Å². The molecule has 1 aromatic rings. The number of hydrogen-bond acceptors (Lipinski definition) is 2. The van der Waals surface area contributed by atoms with Crippen molar-refractivity contribution in [2.24, 2.45) is 0 Å².